The van der Waals surface area contributed by atoms with Gasteiger partial charge in [-0.15, -0.1) is 0 Å². The average Bonchev–Trinajstić information content (AvgIpc) is 2.38. The molecule has 18 heavy (non-hydrogen) atoms. The van der Waals surface area contributed by atoms with Crippen molar-refractivity contribution in [1.29, 1.82) is 0 Å². The van der Waals surface area contributed by atoms with E-state index < -0.39 is 0 Å². The lowest BCUT2D eigenvalue weighted by atomic mass is 9.90. The van der Waals surface area contributed by atoms with Crippen LogP contribution in [0, 0.1) is 6.92 Å². The monoisotopic (exact) mass is 248 g/mol. The highest BCUT2D eigenvalue weighted by Crippen LogP contribution is 2.27. The summed E-state index contributed by atoms with van der Waals surface area (Å²) >= 11 is 0. The fraction of sp³-hybridized carbons (Fsp3) is 0.667. The number of ether oxygens (including phenoxy) is 1. The van der Waals surface area contributed by atoms with Crippen LogP contribution in [-0.4, -0.2) is 23.2 Å². The number of hydrogen-bond donors (Lipinski definition) is 1. The van der Waals surface area contributed by atoms with E-state index in [2.05, 4.69) is 37.1 Å². The van der Waals surface area contributed by atoms with Gasteiger partial charge in [0, 0.05) is 31.6 Å². The molecule has 1 aliphatic heterocycles. The third-order valence-corrected chi connectivity index (χ3v) is 4.07. The fourth-order valence-electron chi connectivity index (χ4n) is 2.49. The molecule has 3 nitrogen and oxygen atoms in total. The maximum Gasteiger partial charge on any atom is 0.0666 e. The lowest BCUT2D eigenvalue weighted by Crippen LogP contribution is -2.44. The van der Waals surface area contributed by atoms with Crippen molar-refractivity contribution in [2.24, 2.45) is 0 Å². The second-order valence-corrected chi connectivity index (χ2v) is 5.52. The summed E-state index contributed by atoms with van der Waals surface area (Å²) in [7, 11) is 0. The first-order valence-corrected chi connectivity index (χ1v) is 6.90. The molecule has 3 heteroatoms. The summed E-state index contributed by atoms with van der Waals surface area (Å²) < 4.78 is 5.87. The first-order valence-electron chi connectivity index (χ1n) is 6.90. The predicted molar refractivity (Wildman–Crippen MR) is 73.5 cm³/mol. The van der Waals surface area contributed by atoms with Gasteiger partial charge in [-0.25, -0.2) is 0 Å². The second-order valence-electron chi connectivity index (χ2n) is 5.52. The maximum absolute atomic E-state index is 5.87. The van der Waals surface area contributed by atoms with Crippen molar-refractivity contribution < 1.29 is 4.74 Å². The van der Waals surface area contributed by atoms with Crippen molar-refractivity contribution in [3.63, 3.8) is 0 Å². The standard InChI is InChI=1S/C15H24N2O/c1-4-15(3)9-14(6-8-18-15)17-11-13-10-16-7-5-12(13)2/h5,7,10,14,17H,4,6,8-9,11H2,1-3H3. The van der Waals surface area contributed by atoms with Crippen LogP contribution >= 0.6 is 0 Å². The SMILES string of the molecule is CCC1(C)CC(NCc2cnccc2C)CCO1. The molecular formula is C15H24N2O. The van der Waals surface area contributed by atoms with E-state index in [1.54, 1.807) is 0 Å². The van der Waals surface area contributed by atoms with E-state index in [0.717, 1.165) is 32.4 Å². The molecule has 2 heterocycles. The molecule has 0 spiro atoms. The fourth-order valence-corrected chi connectivity index (χ4v) is 2.49. The van der Waals surface area contributed by atoms with E-state index in [9.17, 15) is 0 Å². The quantitative estimate of drug-likeness (QED) is 0.889. The molecule has 0 amide bonds. The van der Waals surface area contributed by atoms with Gasteiger partial charge >= 0.3 is 0 Å². The van der Waals surface area contributed by atoms with Gasteiger partial charge in [0.1, 0.15) is 0 Å². The Labute approximate surface area is 110 Å². The largest absolute Gasteiger partial charge is 0.375 e. The highest BCUT2D eigenvalue weighted by Gasteiger charge is 2.31. The minimum Gasteiger partial charge on any atom is -0.375 e. The predicted octanol–water partition coefficient (Wildman–Crippen LogP) is 2.83. The summed E-state index contributed by atoms with van der Waals surface area (Å²) in [6.45, 7) is 8.33. The van der Waals surface area contributed by atoms with Crippen LogP contribution in [-0.2, 0) is 11.3 Å². The molecule has 2 atom stereocenters. The summed E-state index contributed by atoms with van der Waals surface area (Å²) in [4.78, 5) is 4.19. The van der Waals surface area contributed by atoms with Crippen LogP contribution in [0.4, 0.5) is 0 Å². The van der Waals surface area contributed by atoms with E-state index in [0.29, 0.717) is 6.04 Å². The molecule has 0 bridgehead atoms. The Morgan fingerprint density at radius 2 is 2.39 bits per heavy atom. The van der Waals surface area contributed by atoms with E-state index in [1.807, 2.05) is 12.4 Å². The van der Waals surface area contributed by atoms with Crippen LogP contribution < -0.4 is 5.32 Å². The highest BCUT2D eigenvalue weighted by molar-refractivity contribution is 5.21. The van der Waals surface area contributed by atoms with Crippen LogP contribution in [0.25, 0.3) is 0 Å². The Bertz CT molecular complexity index is 394. The molecule has 100 valence electrons. The number of pyridine rings is 1. The van der Waals surface area contributed by atoms with E-state index in [-0.39, 0.29) is 5.60 Å². The number of nitrogens with one attached hydrogen (secondary N) is 1. The summed E-state index contributed by atoms with van der Waals surface area (Å²) in [5.41, 5.74) is 2.66. The van der Waals surface area contributed by atoms with Gasteiger partial charge in [0.05, 0.1) is 5.60 Å². The molecule has 2 unspecified atom stereocenters. The Balaban J connectivity index is 1.89. The van der Waals surface area contributed by atoms with Crippen molar-refractivity contribution in [2.45, 2.75) is 58.2 Å². The Hall–Kier alpha value is -0.930. The van der Waals surface area contributed by atoms with Gasteiger partial charge in [-0.1, -0.05) is 6.92 Å². The molecule has 0 radical (unpaired) electrons. The van der Waals surface area contributed by atoms with Crippen molar-refractivity contribution in [3.8, 4) is 0 Å². The summed E-state index contributed by atoms with van der Waals surface area (Å²) in [5.74, 6) is 0. The summed E-state index contributed by atoms with van der Waals surface area (Å²) in [6.07, 6.45) is 7.09. The Kier molecular flexibility index (Phi) is 4.36. The molecule has 1 saturated heterocycles. The number of nitrogens with zero attached hydrogens (tertiary/aromatic N) is 1. The average molecular weight is 248 g/mol. The smallest absolute Gasteiger partial charge is 0.0666 e. The molecule has 1 aromatic rings. The second kappa shape index (κ2) is 5.81. The molecule has 1 N–H and O–H groups in total. The van der Waals surface area contributed by atoms with E-state index in [4.69, 9.17) is 4.74 Å². The zero-order chi connectivity index (χ0) is 13.0. The summed E-state index contributed by atoms with van der Waals surface area (Å²) in [6, 6.07) is 2.63. The van der Waals surface area contributed by atoms with Gasteiger partial charge < -0.3 is 10.1 Å². The molecule has 0 aromatic carbocycles. The molecule has 1 aromatic heterocycles. The minimum atomic E-state index is 0.0555. The van der Waals surface area contributed by atoms with Gasteiger partial charge in [0.15, 0.2) is 0 Å². The molecule has 2 rings (SSSR count). The number of rotatable bonds is 4. The molecule has 1 fully saturated rings. The first-order chi connectivity index (χ1) is 8.63. The van der Waals surface area contributed by atoms with Gasteiger partial charge in [0.2, 0.25) is 0 Å². The van der Waals surface area contributed by atoms with Crippen molar-refractivity contribution >= 4 is 0 Å². The molecule has 0 saturated carbocycles. The molecular weight excluding hydrogens is 224 g/mol. The van der Waals surface area contributed by atoms with Gasteiger partial charge in [0.25, 0.3) is 0 Å². The van der Waals surface area contributed by atoms with Crippen LogP contribution in [0.2, 0.25) is 0 Å². The zero-order valence-corrected chi connectivity index (χ0v) is 11.7. The van der Waals surface area contributed by atoms with E-state index >= 15 is 0 Å². The minimum absolute atomic E-state index is 0.0555. The lowest BCUT2D eigenvalue weighted by molar-refractivity contribution is -0.0781. The topological polar surface area (TPSA) is 34.2 Å². The third-order valence-electron chi connectivity index (χ3n) is 4.07. The maximum atomic E-state index is 5.87. The number of aromatic nitrogens is 1. The van der Waals surface area contributed by atoms with Crippen LogP contribution in [0.3, 0.4) is 0 Å². The zero-order valence-electron chi connectivity index (χ0n) is 11.7. The lowest BCUT2D eigenvalue weighted by Gasteiger charge is -2.38. The molecule has 1 aliphatic rings. The van der Waals surface area contributed by atoms with Crippen LogP contribution in [0.1, 0.15) is 44.2 Å². The highest BCUT2D eigenvalue weighted by atomic mass is 16.5. The van der Waals surface area contributed by atoms with Crippen molar-refractivity contribution in [2.75, 3.05) is 6.61 Å². The molecule has 0 aliphatic carbocycles. The number of hydrogen-bond acceptors (Lipinski definition) is 3. The summed E-state index contributed by atoms with van der Waals surface area (Å²) in [5, 5.41) is 3.65. The van der Waals surface area contributed by atoms with Gasteiger partial charge in [-0.3, -0.25) is 4.98 Å². The van der Waals surface area contributed by atoms with Gasteiger partial charge in [-0.05, 0) is 50.3 Å². The van der Waals surface area contributed by atoms with E-state index in [1.165, 1.54) is 11.1 Å². The van der Waals surface area contributed by atoms with Crippen molar-refractivity contribution in [3.05, 3.63) is 29.6 Å². The number of aryl methyl sites for hydroxylation is 1. The van der Waals surface area contributed by atoms with Crippen molar-refractivity contribution in [1.82, 2.24) is 10.3 Å². The van der Waals surface area contributed by atoms with Crippen LogP contribution in [0.15, 0.2) is 18.5 Å². The van der Waals surface area contributed by atoms with Crippen LogP contribution in [0.5, 0.6) is 0 Å². The normalized spacial score (nSPS) is 28.3. The first kappa shape index (κ1) is 13.5. The Morgan fingerprint density at radius 1 is 1.56 bits per heavy atom. The Morgan fingerprint density at radius 3 is 3.11 bits per heavy atom. The third kappa shape index (κ3) is 3.30. The van der Waals surface area contributed by atoms with Gasteiger partial charge in [-0.2, -0.15) is 0 Å².